The third-order valence-corrected chi connectivity index (χ3v) is 3.64. The minimum atomic E-state index is 0.721. The molecule has 0 heterocycles. The van der Waals surface area contributed by atoms with Crippen molar-refractivity contribution in [2.24, 2.45) is 5.92 Å². The molecule has 0 spiro atoms. The van der Waals surface area contributed by atoms with Crippen LogP contribution < -0.4 is 5.32 Å². The molecule has 1 N–H and O–H groups in total. The molecule has 0 fully saturated rings. The lowest BCUT2D eigenvalue weighted by molar-refractivity contribution is 0.114. The van der Waals surface area contributed by atoms with E-state index in [0.29, 0.717) is 0 Å². The van der Waals surface area contributed by atoms with Gasteiger partial charge in [0.1, 0.15) is 0 Å². The largest absolute Gasteiger partial charge is 0.383 e. The summed E-state index contributed by atoms with van der Waals surface area (Å²) in [7, 11) is 1.79. The summed E-state index contributed by atoms with van der Waals surface area (Å²) < 4.78 is 5.23. The van der Waals surface area contributed by atoms with E-state index in [0.717, 1.165) is 38.2 Å². The average molecular weight is 272 g/mol. The summed E-state index contributed by atoms with van der Waals surface area (Å²) in [6, 6.07) is 0.721. The van der Waals surface area contributed by atoms with E-state index in [2.05, 4.69) is 37.9 Å². The van der Waals surface area contributed by atoms with Gasteiger partial charge in [-0.25, -0.2) is 0 Å². The first kappa shape index (κ1) is 18.9. The molecule has 0 aromatic rings. The van der Waals surface area contributed by atoms with Gasteiger partial charge in [0.05, 0.1) is 6.61 Å². The lowest BCUT2D eigenvalue weighted by Crippen LogP contribution is -2.38. The third kappa shape index (κ3) is 10.3. The van der Waals surface area contributed by atoms with Crippen molar-refractivity contribution in [1.82, 2.24) is 10.2 Å². The van der Waals surface area contributed by atoms with Crippen LogP contribution in [-0.2, 0) is 4.74 Å². The molecule has 0 amide bonds. The number of ether oxygens (including phenoxy) is 1. The van der Waals surface area contributed by atoms with Crippen LogP contribution in [0.25, 0.3) is 0 Å². The summed E-state index contributed by atoms with van der Waals surface area (Å²) in [6.45, 7) is 14.5. The van der Waals surface area contributed by atoms with Crippen molar-refractivity contribution in [3.63, 3.8) is 0 Å². The number of hydrogen-bond acceptors (Lipinski definition) is 3. The van der Waals surface area contributed by atoms with E-state index in [1.54, 1.807) is 7.11 Å². The summed E-state index contributed by atoms with van der Waals surface area (Å²) in [5.74, 6) is 0.753. The van der Waals surface area contributed by atoms with E-state index in [1.165, 1.54) is 32.2 Å². The Bertz CT molecular complexity index is 182. The molecule has 0 rings (SSSR count). The topological polar surface area (TPSA) is 24.5 Å². The number of methoxy groups -OCH3 is 1. The molecule has 0 atom stereocenters. The molecule has 0 aromatic carbocycles. The van der Waals surface area contributed by atoms with Gasteiger partial charge in [0.25, 0.3) is 0 Å². The number of nitrogens with zero attached hydrogens (tertiary/aromatic N) is 1. The predicted molar refractivity (Wildman–Crippen MR) is 84.8 cm³/mol. The Morgan fingerprint density at radius 2 is 1.74 bits per heavy atom. The standard InChI is InChI=1S/C16H36N2O/c1-6-16(7-2)18(12-13-19-5)11-9-8-10-17-14-15(3)4/h15-17H,6-14H2,1-5H3. The first-order chi connectivity index (χ1) is 9.15. The Labute approximate surface area is 121 Å². The van der Waals surface area contributed by atoms with Crippen LogP contribution in [-0.4, -0.2) is 50.8 Å². The minimum absolute atomic E-state index is 0.721. The highest BCUT2D eigenvalue weighted by atomic mass is 16.5. The highest BCUT2D eigenvalue weighted by molar-refractivity contribution is 4.69. The molecule has 0 saturated carbocycles. The van der Waals surface area contributed by atoms with E-state index in [9.17, 15) is 0 Å². The fraction of sp³-hybridized carbons (Fsp3) is 1.00. The van der Waals surface area contributed by atoms with Gasteiger partial charge in [-0.2, -0.15) is 0 Å². The van der Waals surface area contributed by atoms with Gasteiger partial charge in [-0.05, 0) is 51.2 Å². The molecule has 0 aromatic heterocycles. The lowest BCUT2D eigenvalue weighted by Gasteiger charge is -2.30. The molecule has 0 bridgehead atoms. The van der Waals surface area contributed by atoms with Crippen molar-refractivity contribution in [2.45, 2.75) is 59.4 Å². The Balaban J connectivity index is 3.78. The van der Waals surface area contributed by atoms with Crippen molar-refractivity contribution in [3.8, 4) is 0 Å². The van der Waals surface area contributed by atoms with Crippen molar-refractivity contribution in [1.29, 1.82) is 0 Å². The van der Waals surface area contributed by atoms with E-state index in [4.69, 9.17) is 4.74 Å². The molecule has 0 radical (unpaired) electrons. The van der Waals surface area contributed by atoms with Crippen LogP contribution >= 0.6 is 0 Å². The van der Waals surface area contributed by atoms with Gasteiger partial charge >= 0.3 is 0 Å². The highest BCUT2D eigenvalue weighted by Gasteiger charge is 2.13. The Kier molecular flexibility index (Phi) is 12.8. The molecular formula is C16H36N2O. The molecule has 0 unspecified atom stereocenters. The Morgan fingerprint density at radius 1 is 1.05 bits per heavy atom. The second kappa shape index (κ2) is 12.9. The van der Waals surface area contributed by atoms with Gasteiger partial charge in [0, 0.05) is 19.7 Å². The van der Waals surface area contributed by atoms with Crippen molar-refractivity contribution in [2.75, 3.05) is 39.9 Å². The first-order valence-electron chi connectivity index (χ1n) is 8.09. The van der Waals surface area contributed by atoms with Gasteiger partial charge in [0.15, 0.2) is 0 Å². The molecule has 3 nitrogen and oxygen atoms in total. The Morgan fingerprint density at radius 3 is 2.26 bits per heavy atom. The molecule has 0 aliphatic heterocycles. The third-order valence-electron chi connectivity index (χ3n) is 3.64. The maximum absolute atomic E-state index is 5.23. The van der Waals surface area contributed by atoms with Gasteiger partial charge < -0.3 is 10.1 Å². The van der Waals surface area contributed by atoms with Crippen LogP contribution in [0.1, 0.15) is 53.4 Å². The van der Waals surface area contributed by atoms with Crippen molar-refractivity contribution in [3.05, 3.63) is 0 Å². The zero-order valence-corrected chi connectivity index (χ0v) is 13.9. The number of nitrogens with one attached hydrogen (secondary N) is 1. The van der Waals surface area contributed by atoms with Crippen molar-refractivity contribution >= 4 is 0 Å². The quantitative estimate of drug-likeness (QED) is 0.521. The molecule has 116 valence electrons. The summed E-state index contributed by atoms with van der Waals surface area (Å²) in [6.07, 6.45) is 5.04. The smallest absolute Gasteiger partial charge is 0.0589 e. The van der Waals surface area contributed by atoms with Crippen LogP contribution in [0.15, 0.2) is 0 Å². The van der Waals surface area contributed by atoms with E-state index >= 15 is 0 Å². The van der Waals surface area contributed by atoms with Crippen molar-refractivity contribution < 1.29 is 4.74 Å². The number of unbranched alkanes of at least 4 members (excludes halogenated alkanes) is 1. The van der Waals surface area contributed by atoms with E-state index in [-0.39, 0.29) is 0 Å². The fourth-order valence-corrected chi connectivity index (χ4v) is 2.45. The first-order valence-corrected chi connectivity index (χ1v) is 8.09. The molecule has 3 heteroatoms. The summed E-state index contributed by atoms with van der Waals surface area (Å²) in [5.41, 5.74) is 0. The van der Waals surface area contributed by atoms with Gasteiger partial charge in [-0.3, -0.25) is 4.90 Å². The SMILES string of the molecule is CCC(CC)N(CCCCNCC(C)C)CCOC. The molecule has 0 saturated heterocycles. The van der Waals surface area contributed by atoms with Crippen LogP contribution in [0.4, 0.5) is 0 Å². The van der Waals surface area contributed by atoms with Gasteiger partial charge in [-0.1, -0.05) is 27.7 Å². The van der Waals surface area contributed by atoms with E-state index in [1.807, 2.05) is 0 Å². The lowest BCUT2D eigenvalue weighted by atomic mass is 10.1. The highest BCUT2D eigenvalue weighted by Crippen LogP contribution is 2.09. The van der Waals surface area contributed by atoms with Gasteiger partial charge in [-0.15, -0.1) is 0 Å². The number of hydrogen-bond donors (Lipinski definition) is 1. The number of rotatable bonds is 13. The molecule has 19 heavy (non-hydrogen) atoms. The normalized spacial score (nSPS) is 12.0. The summed E-state index contributed by atoms with van der Waals surface area (Å²) in [5, 5.41) is 3.52. The predicted octanol–water partition coefficient (Wildman–Crippen LogP) is 3.15. The van der Waals surface area contributed by atoms with Crippen LogP contribution in [0.3, 0.4) is 0 Å². The van der Waals surface area contributed by atoms with E-state index < -0.39 is 0 Å². The molecule has 0 aliphatic rings. The molecular weight excluding hydrogens is 236 g/mol. The maximum Gasteiger partial charge on any atom is 0.0589 e. The molecule has 0 aliphatic carbocycles. The fourth-order valence-electron chi connectivity index (χ4n) is 2.45. The van der Waals surface area contributed by atoms with Crippen LogP contribution in [0, 0.1) is 5.92 Å². The second-order valence-electron chi connectivity index (χ2n) is 5.80. The minimum Gasteiger partial charge on any atom is -0.383 e. The maximum atomic E-state index is 5.23. The van der Waals surface area contributed by atoms with Gasteiger partial charge in [0.2, 0.25) is 0 Å². The average Bonchev–Trinajstić information content (AvgIpc) is 2.39. The summed E-state index contributed by atoms with van der Waals surface area (Å²) in [4.78, 5) is 2.60. The van der Waals surface area contributed by atoms with Crippen LogP contribution in [0.2, 0.25) is 0 Å². The summed E-state index contributed by atoms with van der Waals surface area (Å²) >= 11 is 0. The monoisotopic (exact) mass is 272 g/mol. The zero-order chi connectivity index (χ0) is 14.5. The van der Waals surface area contributed by atoms with Crippen LogP contribution in [0.5, 0.6) is 0 Å². The Hall–Kier alpha value is -0.120. The second-order valence-corrected chi connectivity index (χ2v) is 5.80. The zero-order valence-electron chi connectivity index (χ0n) is 13.9.